The highest BCUT2D eigenvalue weighted by Crippen LogP contribution is 2.29. The van der Waals surface area contributed by atoms with Crippen LogP contribution in [0.15, 0.2) is 53.5 Å². The molecule has 2 N–H and O–H groups in total. The molecule has 1 saturated heterocycles. The van der Waals surface area contributed by atoms with Gasteiger partial charge in [0.1, 0.15) is 6.61 Å². The molecule has 0 bridgehead atoms. The molecule has 1 heterocycles. The standard InChI is InChI=1S/C21H27N3O2/c1-25-20-14-18(15-23-21(22)24-12-6-3-7-13-24)10-11-19(20)26-16-17-8-4-2-5-9-17/h2,4-5,8-11,14H,3,6-7,12-13,15-16H2,1H3,(H2,22,23). The van der Waals surface area contributed by atoms with Crippen LogP contribution in [0.25, 0.3) is 0 Å². The summed E-state index contributed by atoms with van der Waals surface area (Å²) in [4.78, 5) is 6.71. The van der Waals surface area contributed by atoms with Crippen molar-refractivity contribution < 1.29 is 9.47 Å². The molecule has 138 valence electrons. The van der Waals surface area contributed by atoms with Crippen LogP contribution in [0.2, 0.25) is 0 Å². The number of ether oxygens (including phenoxy) is 2. The minimum Gasteiger partial charge on any atom is -0.493 e. The van der Waals surface area contributed by atoms with Gasteiger partial charge < -0.3 is 20.1 Å². The second-order valence-electron chi connectivity index (χ2n) is 6.48. The van der Waals surface area contributed by atoms with Gasteiger partial charge in [-0.3, -0.25) is 0 Å². The molecule has 0 saturated carbocycles. The van der Waals surface area contributed by atoms with Crippen LogP contribution in [0.3, 0.4) is 0 Å². The summed E-state index contributed by atoms with van der Waals surface area (Å²) in [6.07, 6.45) is 3.67. The van der Waals surface area contributed by atoms with E-state index in [1.165, 1.54) is 19.3 Å². The molecular formula is C21H27N3O2. The van der Waals surface area contributed by atoms with Crippen molar-refractivity contribution in [3.63, 3.8) is 0 Å². The number of methoxy groups -OCH3 is 1. The Balaban J connectivity index is 1.62. The molecule has 0 aromatic heterocycles. The second-order valence-corrected chi connectivity index (χ2v) is 6.48. The van der Waals surface area contributed by atoms with Crippen LogP contribution in [-0.2, 0) is 13.2 Å². The van der Waals surface area contributed by atoms with Crippen LogP contribution in [0, 0.1) is 0 Å². The maximum atomic E-state index is 6.13. The first-order chi connectivity index (χ1) is 12.8. The van der Waals surface area contributed by atoms with Gasteiger partial charge in [-0.25, -0.2) is 4.99 Å². The van der Waals surface area contributed by atoms with Crippen molar-refractivity contribution in [2.24, 2.45) is 10.7 Å². The lowest BCUT2D eigenvalue weighted by Gasteiger charge is -2.27. The van der Waals surface area contributed by atoms with Crippen LogP contribution >= 0.6 is 0 Å². The molecule has 1 aliphatic rings. The summed E-state index contributed by atoms with van der Waals surface area (Å²) in [7, 11) is 1.65. The SMILES string of the molecule is COc1cc(CN=C(N)N2CCCCC2)ccc1OCc1ccccc1. The molecule has 2 aromatic rings. The Hall–Kier alpha value is -2.69. The van der Waals surface area contributed by atoms with Crippen LogP contribution in [0.4, 0.5) is 0 Å². The number of hydrogen-bond donors (Lipinski definition) is 1. The number of nitrogens with zero attached hydrogens (tertiary/aromatic N) is 2. The summed E-state index contributed by atoms with van der Waals surface area (Å²) in [5.41, 5.74) is 8.30. The number of hydrogen-bond acceptors (Lipinski definition) is 3. The molecule has 0 unspecified atom stereocenters. The molecule has 1 aliphatic heterocycles. The molecule has 5 nitrogen and oxygen atoms in total. The molecule has 1 fully saturated rings. The van der Waals surface area contributed by atoms with Gasteiger partial charge in [-0.2, -0.15) is 0 Å². The molecule has 26 heavy (non-hydrogen) atoms. The third kappa shape index (κ3) is 4.91. The van der Waals surface area contributed by atoms with Gasteiger partial charge in [-0.15, -0.1) is 0 Å². The van der Waals surface area contributed by atoms with Crippen LogP contribution in [-0.4, -0.2) is 31.1 Å². The van der Waals surface area contributed by atoms with Crippen LogP contribution in [0.5, 0.6) is 11.5 Å². The first kappa shape index (κ1) is 18.1. The molecule has 0 aliphatic carbocycles. The molecule has 0 spiro atoms. The predicted octanol–water partition coefficient (Wildman–Crippen LogP) is 3.57. The summed E-state index contributed by atoms with van der Waals surface area (Å²) in [6, 6.07) is 16.0. The highest BCUT2D eigenvalue weighted by molar-refractivity contribution is 5.78. The lowest BCUT2D eigenvalue weighted by Crippen LogP contribution is -2.40. The number of likely N-dealkylation sites (tertiary alicyclic amines) is 1. The van der Waals surface area contributed by atoms with Gasteiger partial charge in [0.05, 0.1) is 13.7 Å². The Bertz CT molecular complexity index is 725. The summed E-state index contributed by atoms with van der Waals surface area (Å²) in [5.74, 6) is 2.08. The molecular weight excluding hydrogens is 326 g/mol. The molecule has 3 rings (SSSR count). The number of nitrogens with two attached hydrogens (primary N) is 1. The maximum Gasteiger partial charge on any atom is 0.191 e. The van der Waals surface area contributed by atoms with E-state index >= 15 is 0 Å². The van der Waals surface area contributed by atoms with Crippen molar-refractivity contribution in [2.45, 2.75) is 32.4 Å². The van der Waals surface area contributed by atoms with Gasteiger partial charge in [-0.05, 0) is 42.5 Å². The van der Waals surface area contributed by atoms with Gasteiger partial charge in [0.15, 0.2) is 17.5 Å². The fourth-order valence-electron chi connectivity index (χ4n) is 3.06. The minimum absolute atomic E-state index is 0.511. The topological polar surface area (TPSA) is 60.1 Å². The summed E-state index contributed by atoms with van der Waals surface area (Å²) < 4.78 is 11.4. The Labute approximate surface area is 155 Å². The van der Waals surface area contributed by atoms with Crippen molar-refractivity contribution in [1.82, 2.24) is 4.90 Å². The van der Waals surface area contributed by atoms with Gasteiger partial charge in [-0.1, -0.05) is 36.4 Å². The van der Waals surface area contributed by atoms with E-state index in [1.54, 1.807) is 7.11 Å². The molecule has 0 atom stereocenters. The zero-order valence-electron chi connectivity index (χ0n) is 15.4. The quantitative estimate of drug-likeness (QED) is 0.637. The fraction of sp³-hybridized carbons (Fsp3) is 0.381. The van der Waals surface area contributed by atoms with Gasteiger partial charge in [0, 0.05) is 13.1 Å². The summed E-state index contributed by atoms with van der Waals surface area (Å²) >= 11 is 0. The van der Waals surface area contributed by atoms with E-state index in [2.05, 4.69) is 9.89 Å². The lowest BCUT2D eigenvalue weighted by atomic mass is 10.1. The van der Waals surface area contributed by atoms with Crippen molar-refractivity contribution in [1.29, 1.82) is 0 Å². The largest absolute Gasteiger partial charge is 0.493 e. The van der Waals surface area contributed by atoms with E-state index < -0.39 is 0 Å². The number of piperidine rings is 1. The van der Waals surface area contributed by atoms with E-state index in [-0.39, 0.29) is 0 Å². The molecule has 0 amide bonds. The molecule has 5 heteroatoms. The lowest BCUT2D eigenvalue weighted by molar-refractivity contribution is 0.284. The van der Waals surface area contributed by atoms with E-state index in [4.69, 9.17) is 15.2 Å². The first-order valence-corrected chi connectivity index (χ1v) is 9.15. The smallest absolute Gasteiger partial charge is 0.191 e. The molecule has 0 radical (unpaired) electrons. The average Bonchev–Trinajstić information content (AvgIpc) is 2.72. The third-order valence-corrected chi connectivity index (χ3v) is 4.57. The van der Waals surface area contributed by atoms with E-state index in [1.807, 2.05) is 48.5 Å². The predicted molar refractivity (Wildman–Crippen MR) is 105 cm³/mol. The molecule has 2 aromatic carbocycles. The second kappa shape index (κ2) is 9.13. The van der Waals surface area contributed by atoms with E-state index in [9.17, 15) is 0 Å². The van der Waals surface area contributed by atoms with Crippen molar-refractivity contribution >= 4 is 5.96 Å². The average molecular weight is 353 g/mol. The first-order valence-electron chi connectivity index (χ1n) is 9.15. The zero-order chi connectivity index (χ0) is 18.2. The third-order valence-electron chi connectivity index (χ3n) is 4.57. The van der Waals surface area contributed by atoms with Crippen molar-refractivity contribution in [3.8, 4) is 11.5 Å². The van der Waals surface area contributed by atoms with E-state index in [0.29, 0.717) is 24.9 Å². The normalized spacial score (nSPS) is 15.0. The van der Waals surface area contributed by atoms with Crippen molar-refractivity contribution in [3.05, 3.63) is 59.7 Å². The van der Waals surface area contributed by atoms with E-state index in [0.717, 1.165) is 30.0 Å². The number of aliphatic imine (C=N–C) groups is 1. The highest BCUT2D eigenvalue weighted by atomic mass is 16.5. The number of rotatable bonds is 6. The fourth-order valence-corrected chi connectivity index (χ4v) is 3.06. The maximum absolute atomic E-state index is 6.13. The summed E-state index contributed by atoms with van der Waals surface area (Å²) in [6.45, 7) is 3.06. The highest BCUT2D eigenvalue weighted by Gasteiger charge is 2.12. The Kier molecular flexibility index (Phi) is 6.36. The van der Waals surface area contributed by atoms with Crippen LogP contribution in [0.1, 0.15) is 30.4 Å². The Morgan fingerprint density at radius 2 is 1.77 bits per heavy atom. The van der Waals surface area contributed by atoms with Gasteiger partial charge >= 0.3 is 0 Å². The number of guanidine groups is 1. The van der Waals surface area contributed by atoms with Crippen molar-refractivity contribution in [2.75, 3.05) is 20.2 Å². The Morgan fingerprint density at radius 3 is 2.50 bits per heavy atom. The number of benzene rings is 2. The minimum atomic E-state index is 0.511. The van der Waals surface area contributed by atoms with Crippen LogP contribution < -0.4 is 15.2 Å². The monoisotopic (exact) mass is 353 g/mol. The van der Waals surface area contributed by atoms with Gasteiger partial charge in [0.2, 0.25) is 0 Å². The Morgan fingerprint density at radius 1 is 1.00 bits per heavy atom. The van der Waals surface area contributed by atoms with Gasteiger partial charge in [0.25, 0.3) is 0 Å². The zero-order valence-corrected chi connectivity index (χ0v) is 15.4. The summed E-state index contributed by atoms with van der Waals surface area (Å²) in [5, 5.41) is 0.